The Balaban J connectivity index is 1.53. The number of unbranched alkanes of at least 4 members (excludes halogenated alkanes) is 3. The monoisotopic (exact) mass is 471 g/mol. The van der Waals surface area contributed by atoms with Gasteiger partial charge in [0.15, 0.2) is 6.79 Å². The van der Waals surface area contributed by atoms with E-state index in [4.69, 9.17) is 21.1 Å². The maximum atomic E-state index is 12.4. The highest BCUT2D eigenvalue weighted by atomic mass is 35.5. The Morgan fingerprint density at radius 2 is 1.97 bits per heavy atom. The van der Waals surface area contributed by atoms with Gasteiger partial charge in [-0.15, -0.1) is 11.3 Å². The van der Waals surface area contributed by atoms with Crippen LogP contribution < -0.4 is 5.43 Å². The lowest BCUT2D eigenvalue weighted by atomic mass is 10.1. The second-order valence-corrected chi connectivity index (χ2v) is 8.26. The van der Waals surface area contributed by atoms with Crippen molar-refractivity contribution in [1.82, 2.24) is 4.98 Å². The molecule has 2 aromatic carbocycles. The smallest absolute Gasteiger partial charge is 0.340 e. The number of halogens is 1. The van der Waals surface area contributed by atoms with Crippen molar-refractivity contribution in [1.29, 1.82) is 0 Å². The number of esters is 1. The van der Waals surface area contributed by atoms with Crippen LogP contribution in [0.1, 0.15) is 48.5 Å². The second kappa shape index (κ2) is 13.0. The third kappa shape index (κ3) is 7.15. The molecule has 32 heavy (non-hydrogen) atoms. The number of hydrogen-bond acceptors (Lipinski definition) is 7. The molecule has 0 saturated carbocycles. The molecule has 0 saturated heterocycles. The topological polar surface area (TPSA) is 72.8 Å². The minimum absolute atomic E-state index is 0.0569. The summed E-state index contributed by atoms with van der Waals surface area (Å²) in [5.74, 6) is -0.448. The molecule has 0 aliphatic carbocycles. The zero-order valence-corrected chi connectivity index (χ0v) is 19.5. The fourth-order valence-corrected chi connectivity index (χ4v) is 3.82. The van der Waals surface area contributed by atoms with Gasteiger partial charge < -0.3 is 9.47 Å². The molecule has 0 radical (unpaired) electrons. The highest BCUT2D eigenvalue weighted by Crippen LogP contribution is 2.30. The first kappa shape index (κ1) is 23.9. The van der Waals surface area contributed by atoms with E-state index in [-0.39, 0.29) is 6.79 Å². The van der Waals surface area contributed by atoms with E-state index in [2.05, 4.69) is 22.4 Å². The lowest BCUT2D eigenvalue weighted by Gasteiger charge is -2.08. The van der Waals surface area contributed by atoms with Crippen molar-refractivity contribution in [3.8, 4) is 11.3 Å². The molecule has 1 heterocycles. The van der Waals surface area contributed by atoms with Crippen LogP contribution in [-0.4, -0.2) is 30.6 Å². The molecule has 0 amide bonds. The molecular formula is C24H26ClN3O3S. The Hall–Kier alpha value is -2.74. The molecule has 8 heteroatoms. The fourth-order valence-electron chi connectivity index (χ4n) is 2.93. The molecule has 1 aromatic heterocycles. The van der Waals surface area contributed by atoms with Gasteiger partial charge in [-0.05, 0) is 18.6 Å². The number of rotatable bonds is 12. The van der Waals surface area contributed by atoms with Crippen LogP contribution in [0.4, 0.5) is 5.13 Å². The van der Waals surface area contributed by atoms with Gasteiger partial charge in [-0.3, -0.25) is 5.43 Å². The molecule has 0 unspecified atom stereocenters. The summed E-state index contributed by atoms with van der Waals surface area (Å²) in [7, 11) is 0. The summed E-state index contributed by atoms with van der Waals surface area (Å²) in [6.07, 6.45) is 6.02. The van der Waals surface area contributed by atoms with Crippen molar-refractivity contribution in [3.05, 3.63) is 70.1 Å². The Morgan fingerprint density at radius 3 is 2.81 bits per heavy atom. The Bertz CT molecular complexity index is 1040. The van der Waals surface area contributed by atoms with E-state index in [1.165, 1.54) is 24.2 Å². The van der Waals surface area contributed by atoms with Crippen LogP contribution in [0.2, 0.25) is 5.02 Å². The summed E-state index contributed by atoms with van der Waals surface area (Å²) < 4.78 is 10.6. The quantitative estimate of drug-likeness (QED) is 0.106. The van der Waals surface area contributed by atoms with E-state index in [0.29, 0.717) is 27.9 Å². The number of nitrogens with one attached hydrogen (secondary N) is 1. The number of ether oxygens (including phenoxy) is 2. The summed E-state index contributed by atoms with van der Waals surface area (Å²) >= 11 is 7.65. The van der Waals surface area contributed by atoms with Gasteiger partial charge in [0.2, 0.25) is 5.13 Å². The van der Waals surface area contributed by atoms with Crippen LogP contribution >= 0.6 is 22.9 Å². The number of benzene rings is 2. The Morgan fingerprint density at radius 1 is 1.16 bits per heavy atom. The summed E-state index contributed by atoms with van der Waals surface area (Å²) in [6.45, 7) is 2.69. The predicted molar refractivity (Wildman–Crippen MR) is 131 cm³/mol. The van der Waals surface area contributed by atoms with Crippen LogP contribution in [0.25, 0.3) is 11.3 Å². The molecule has 3 aromatic rings. The van der Waals surface area contributed by atoms with Gasteiger partial charge >= 0.3 is 5.97 Å². The average molecular weight is 472 g/mol. The summed E-state index contributed by atoms with van der Waals surface area (Å²) in [6, 6.07) is 14.7. The maximum absolute atomic E-state index is 12.4. The van der Waals surface area contributed by atoms with E-state index in [0.717, 1.165) is 24.1 Å². The third-order valence-corrected chi connectivity index (χ3v) is 5.69. The van der Waals surface area contributed by atoms with Crippen LogP contribution in [-0.2, 0) is 9.47 Å². The minimum atomic E-state index is -0.448. The molecule has 0 bridgehead atoms. The van der Waals surface area contributed by atoms with Crippen molar-refractivity contribution in [2.75, 3.05) is 18.8 Å². The highest BCUT2D eigenvalue weighted by molar-refractivity contribution is 7.14. The molecule has 168 valence electrons. The van der Waals surface area contributed by atoms with E-state index < -0.39 is 5.97 Å². The summed E-state index contributed by atoms with van der Waals surface area (Å²) in [5.41, 5.74) is 5.60. The lowest BCUT2D eigenvalue weighted by molar-refractivity contribution is -0.0323. The minimum Gasteiger partial charge on any atom is -0.435 e. The number of carbonyl (C=O) groups excluding carboxylic acids is 1. The summed E-state index contributed by atoms with van der Waals surface area (Å²) in [4.78, 5) is 16.9. The van der Waals surface area contributed by atoms with Gasteiger partial charge in [0.05, 0.1) is 24.1 Å². The first-order valence-electron chi connectivity index (χ1n) is 10.5. The molecule has 0 aliphatic heterocycles. The average Bonchev–Trinajstić information content (AvgIpc) is 3.27. The molecule has 0 spiro atoms. The van der Waals surface area contributed by atoms with Gasteiger partial charge in [-0.1, -0.05) is 74.2 Å². The number of anilines is 1. The number of thiazole rings is 1. The van der Waals surface area contributed by atoms with Crippen molar-refractivity contribution in [2.45, 2.75) is 32.6 Å². The Kier molecular flexibility index (Phi) is 9.68. The van der Waals surface area contributed by atoms with Gasteiger partial charge in [0, 0.05) is 21.5 Å². The van der Waals surface area contributed by atoms with Crippen LogP contribution in [0.3, 0.4) is 0 Å². The zero-order valence-electron chi connectivity index (χ0n) is 17.9. The first-order chi connectivity index (χ1) is 15.7. The fraction of sp³-hybridized carbons (Fsp3) is 0.292. The highest BCUT2D eigenvalue weighted by Gasteiger charge is 2.11. The van der Waals surface area contributed by atoms with Crippen molar-refractivity contribution < 1.29 is 14.3 Å². The number of aromatic nitrogens is 1. The van der Waals surface area contributed by atoms with E-state index in [1.54, 1.807) is 24.4 Å². The number of hydrazone groups is 1. The van der Waals surface area contributed by atoms with Crippen molar-refractivity contribution in [2.24, 2.45) is 5.10 Å². The molecule has 6 nitrogen and oxygen atoms in total. The number of nitrogens with zero attached hydrogens (tertiary/aromatic N) is 2. The SMILES string of the molecule is CCCCCCOCOC(=O)c1ccccc1/C=N/Nc1nc(-c2ccccc2Cl)cs1. The zero-order chi connectivity index (χ0) is 22.6. The Labute approximate surface area is 197 Å². The molecule has 0 aliphatic rings. The molecule has 1 N–H and O–H groups in total. The van der Waals surface area contributed by atoms with Gasteiger partial charge in [0.25, 0.3) is 0 Å². The van der Waals surface area contributed by atoms with Gasteiger partial charge in [-0.25, -0.2) is 9.78 Å². The van der Waals surface area contributed by atoms with Gasteiger partial charge in [0.1, 0.15) is 0 Å². The normalized spacial score (nSPS) is 11.1. The van der Waals surface area contributed by atoms with Crippen molar-refractivity contribution >= 4 is 40.3 Å². The van der Waals surface area contributed by atoms with Crippen molar-refractivity contribution in [3.63, 3.8) is 0 Å². The number of hydrogen-bond donors (Lipinski definition) is 1. The third-order valence-electron chi connectivity index (χ3n) is 4.61. The molecular weight excluding hydrogens is 446 g/mol. The van der Waals surface area contributed by atoms with Crippen LogP contribution in [0.5, 0.6) is 0 Å². The van der Waals surface area contributed by atoms with Crippen LogP contribution in [0.15, 0.2) is 59.0 Å². The maximum Gasteiger partial charge on any atom is 0.340 e. The predicted octanol–water partition coefficient (Wildman–Crippen LogP) is 6.62. The molecule has 0 fully saturated rings. The largest absolute Gasteiger partial charge is 0.435 e. The van der Waals surface area contributed by atoms with E-state index >= 15 is 0 Å². The number of carbonyl (C=O) groups is 1. The molecule has 0 atom stereocenters. The summed E-state index contributed by atoms with van der Waals surface area (Å²) in [5, 5.41) is 7.39. The van der Waals surface area contributed by atoms with E-state index in [9.17, 15) is 4.79 Å². The standard InChI is InChI=1S/C24H26ClN3O3S/c1-2-3-4-9-14-30-17-31-23(29)19-11-6-5-10-18(19)15-26-28-24-27-22(16-32-24)20-12-7-8-13-21(20)25/h5-8,10-13,15-16H,2-4,9,14,17H2,1H3,(H,27,28)/b26-15+. The lowest BCUT2D eigenvalue weighted by Crippen LogP contribution is -2.11. The van der Waals surface area contributed by atoms with E-state index in [1.807, 2.05) is 35.7 Å². The van der Waals surface area contributed by atoms with Gasteiger partial charge in [-0.2, -0.15) is 5.10 Å². The first-order valence-corrected chi connectivity index (χ1v) is 11.8. The van der Waals surface area contributed by atoms with Crippen LogP contribution in [0, 0.1) is 0 Å². The second-order valence-electron chi connectivity index (χ2n) is 6.99. The molecule has 3 rings (SSSR count).